The second-order valence-electron chi connectivity index (χ2n) is 4.65. The van der Waals surface area contributed by atoms with Gasteiger partial charge >= 0.3 is 5.97 Å². The van der Waals surface area contributed by atoms with Crippen molar-refractivity contribution in [1.29, 1.82) is 0 Å². The van der Waals surface area contributed by atoms with E-state index >= 15 is 0 Å². The van der Waals surface area contributed by atoms with Crippen LogP contribution in [0.1, 0.15) is 19.4 Å². The van der Waals surface area contributed by atoms with E-state index < -0.39 is 16.8 Å². The van der Waals surface area contributed by atoms with E-state index in [1.807, 2.05) is 24.3 Å². The van der Waals surface area contributed by atoms with Crippen molar-refractivity contribution in [2.24, 2.45) is 0 Å². The molecule has 0 heterocycles. The molecule has 0 saturated heterocycles. The Balaban J connectivity index is 2.64. The number of aliphatic carboxylic acids is 1. The number of carbonyl (C=O) groups is 1. The lowest BCUT2D eigenvalue weighted by Gasteiger charge is -2.27. The molecule has 1 aromatic rings. The molecular formula is C13H19NO3S. The Morgan fingerprint density at radius 1 is 1.44 bits per heavy atom. The molecule has 4 nitrogen and oxygen atoms in total. The summed E-state index contributed by atoms with van der Waals surface area (Å²) in [7, 11) is 1.61. The van der Waals surface area contributed by atoms with Gasteiger partial charge in [-0.3, -0.25) is 10.1 Å². The number of ether oxygens (including phenoxy) is 1. The quantitative estimate of drug-likeness (QED) is 0.691. The largest absolute Gasteiger partial charge is 0.497 e. The molecule has 0 unspecified atom stereocenters. The number of rotatable bonds is 6. The molecule has 0 bridgehead atoms. The summed E-state index contributed by atoms with van der Waals surface area (Å²) in [6, 6.07) is 6.78. The Bertz CT molecular complexity index is 398. The first-order valence-corrected chi connectivity index (χ1v) is 6.11. The summed E-state index contributed by atoms with van der Waals surface area (Å²) < 4.78 is 4.43. The van der Waals surface area contributed by atoms with Gasteiger partial charge in [0.2, 0.25) is 0 Å². The fraction of sp³-hybridized carbons (Fsp3) is 0.462. The monoisotopic (exact) mass is 269 g/mol. The van der Waals surface area contributed by atoms with Crippen molar-refractivity contribution in [1.82, 2.24) is 5.32 Å². The van der Waals surface area contributed by atoms with E-state index in [1.54, 1.807) is 21.0 Å². The molecule has 0 fully saturated rings. The molecule has 0 saturated carbocycles. The minimum atomic E-state index is -0.900. The van der Waals surface area contributed by atoms with Gasteiger partial charge in [0.15, 0.2) is 0 Å². The highest BCUT2D eigenvalue weighted by atomic mass is 32.1. The van der Waals surface area contributed by atoms with Crippen LogP contribution in [0.2, 0.25) is 0 Å². The molecule has 1 aromatic carbocycles. The summed E-state index contributed by atoms with van der Waals surface area (Å²) in [6.45, 7) is 4.02. The van der Waals surface area contributed by atoms with Gasteiger partial charge in [-0.2, -0.15) is 12.6 Å². The van der Waals surface area contributed by atoms with Crippen LogP contribution in [-0.2, 0) is 11.3 Å². The minimum absolute atomic E-state index is 0.477. The average molecular weight is 269 g/mol. The first-order valence-electron chi connectivity index (χ1n) is 5.66. The molecule has 0 amide bonds. The van der Waals surface area contributed by atoms with Gasteiger partial charge in [0.25, 0.3) is 0 Å². The third kappa shape index (κ3) is 4.23. The Labute approximate surface area is 113 Å². The first-order chi connectivity index (χ1) is 8.34. The van der Waals surface area contributed by atoms with Crippen molar-refractivity contribution in [2.45, 2.75) is 31.2 Å². The Hall–Kier alpha value is -1.20. The van der Waals surface area contributed by atoms with E-state index in [9.17, 15) is 4.79 Å². The van der Waals surface area contributed by atoms with E-state index in [0.29, 0.717) is 6.54 Å². The SMILES string of the molecule is COc1ccc(CN[C@@H](C(=O)O)C(C)(C)S)cc1. The van der Waals surface area contributed by atoms with Crippen molar-refractivity contribution < 1.29 is 14.6 Å². The third-order valence-corrected chi connectivity index (χ3v) is 2.88. The van der Waals surface area contributed by atoms with E-state index in [1.165, 1.54) is 0 Å². The summed E-state index contributed by atoms with van der Waals surface area (Å²) in [6.07, 6.45) is 0. The van der Waals surface area contributed by atoms with Crippen LogP contribution in [0.15, 0.2) is 24.3 Å². The summed E-state index contributed by atoms with van der Waals surface area (Å²) in [5.74, 6) is -0.119. The third-order valence-electron chi connectivity index (χ3n) is 2.62. The van der Waals surface area contributed by atoms with Crippen LogP contribution >= 0.6 is 12.6 Å². The Kier molecular flexibility index (Phi) is 5.04. The molecule has 5 heteroatoms. The molecule has 0 aliphatic carbocycles. The number of carboxylic acid groups (broad SMARTS) is 1. The zero-order valence-corrected chi connectivity index (χ0v) is 11.7. The van der Waals surface area contributed by atoms with Crippen molar-refractivity contribution >= 4 is 18.6 Å². The van der Waals surface area contributed by atoms with Crippen LogP contribution < -0.4 is 10.1 Å². The second-order valence-corrected chi connectivity index (χ2v) is 5.81. The summed E-state index contributed by atoms with van der Waals surface area (Å²) >= 11 is 4.30. The smallest absolute Gasteiger partial charge is 0.322 e. The Morgan fingerprint density at radius 3 is 2.39 bits per heavy atom. The van der Waals surface area contributed by atoms with E-state index in [2.05, 4.69) is 17.9 Å². The normalized spacial score (nSPS) is 13.1. The van der Waals surface area contributed by atoms with Gasteiger partial charge in [0.05, 0.1) is 7.11 Å². The number of nitrogens with one attached hydrogen (secondary N) is 1. The van der Waals surface area contributed by atoms with Crippen LogP contribution in [0, 0.1) is 0 Å². The van der Waals surface area contributed by atoms with Crippen LogP contribution in [0.4, 0.5) is 0 Å². The highest BCUT2D eigenvalue weighted by molar-refractivity contribution is 7.81. The lowest BCUT2D eigenvalue weighted by atomic mass is 10.0. The Morgan fingerprint density at radius 2 is 2.00 bits per heavy atom. The molecule has 0 radical (unpaired) electrons. The van der Waals surface area contributed by atoms with Gasteiger partial charge in [-0.05, 0) is 31.5 Å². The minimum Gasteiger partial charge on any atom is -0.497 e. The maximum atomic E-state index is 11.1. The van der Waals surface area contributed by atoms with Crippen molar-refractivity contribution in [3.05, 3.63) is 29.8 Å². The summed E-state index contributed by atoms with van der Waals surface area (Å²) in [5.41, 5.74) is 1.000. The highest BCUT2D eigenvalue weighted by Crippen LogP contribution is 2.18. The predicted octanol–water partition coefficient (Wildman–Crippen LogP) is 1.95. The van der Waals surface area contributed by atoms with E-state index in [-0.39, 0.29) is 0 Å². The van der Waals surface area contributed by atoms with Gasteiger partial charge in [-0.15, -0.1) is 0 Å². The second kappa shape index (κ2) is 6.11. The first kappa shape index (κ1) is 14.9. The average Bonchev–Trinajstić information content (AvgIpc) is 2.28. The summed E-state index contributed by atoms with van der Waals surface area (Å²) in [5, 5.41) is 12.1. The van der Waals surface area contributed by atoms with Crippen LogP contribution in [0.3, 0.4) is 0 Å². The molecule has 0 aliphatic heterocycles. The number of methoxy groups -OCH3 is 1. The topological polar surface area (TPSA) is 58.6 Å². The highest BCUT2D eigenvalue weighted by Gasteiger charge is 2.31. The van der Waals surface area contributed by atoms with Crippen molar-refractivity contribution in [2.75, 3.05) is 7.11 Å². The van der Waals surface area contributed by atoms with Gasteiger partial charge in [-0.1, -0.05) is 12.1 Å². The molecule has 1 rings (SSSR count). The fourth-order valence-corrected chi connectivity index (χ4v) is 1.80. The number of benzene rings is 1. The van der Waals surface area contributed by atoms with E-state index in [0.717, 1.165) is 11.3 Å². The lowest BCUT2D eigenvalue weighted by Crippen LogP contribution is -2.48. The van der Waals surface area contributed by atoms with Gasteiger partial charge < -0.3 is 9.84 Å². The molecule has 100 valence electrons. The molecule has 0 aliphatic rings. The number of thiol groups is 1. The molecule has 1 atom stereocenters. The number of carboxylic acids is 1. The fourth-order valence-electron chi connectivity index (χ4n) is 1.60. The van der Waals surface area contributed by atoms with Crippen molar-refractivity contribution in [3.63, 3.8) is 0 Å². The zero-order valence-electron chi connectivity index (χ0n) is 10.8. The van der Waals surface area contributed by atoms with Crippen molar-refractivity contribution in [3.8, 4) is 5.75 Å². The maximum absolute atomic E-state index is 11.1. The standard InChI is InChI=1S/C13H19NO3S/c1-13(2,18)11(12(15)16)14-8-9-4-6-10(17-3)7-5-9/h4-7,11,14,18H,8H2,1-3H3,(H,15,16)/t11-/m0/s1. The molecule has 2 N–H and O–H groups in total. The van der Waals surface area contributed by atoms with Gasteiger partial charge in [-0.25, -0.2) is 0 Å². The van der Waals surface area contributed by atoms with Crippen LogP contribution in [0.5, 0.6) is 5.75 Å². The van der Waals surface area contributed by atoms with Gasteiger partial charge in [0.1, 0.15) is 11.8 Å². The molecule has 0 spiro atoms. The maximum Gasteiger partial charge on any atom is 0.322 e. The summed E-state index contributed by atoms with van der Waals surface area (Å²) in [4.78, 5) is 11.1. The van der Waals surface area contributed by atoms with E-state index in [4.69, 9.17) is 9.84 Å². The molecule has 18 heavy (non-hydrogen) atoms. The van der Waals surface area contributed by atoms with Crippen LogP contribution in [0.25, 0.3) is 0 Å². The zero-order chi connectivity index (χ0) is 13.8. The van der Waals surface area contributed by atoms with Crippen LogP contribution in [-0.4, -0.2) is 29.0 Å². The van der Waals surface area contributed by atoms with Gasteiger partial charge in [0, 0.05) is 11.3 Å². The lowest BCUT2D eigenvalue weighted by molar-refractivity contribution is -0.140. The number of hydrogen-bond donors (Lipinski definition) is 3. The predicted molar refractivity (Wildman–Crippen MR) is 74.3 cm³/mol. The number of hydrogen-bond acceptors (Lipinski definition) is 4. The molecular weight excluding hydrogens is 250 g/mol. The molecule has 0 aromatic heterocycles.